The van der Waals surface area contributed by atoms with Gasteiger partial charge in [-0.1, -0.05) is 0 Å². The molecule has 1 aromatic heterocycles. The molecule has 0 aromatic carbocycles. The number of anilines is 1. The van der Waals surface area contributed by atoms with Crippen molar-refractivity contribution < 1.29 is 9.84 Å². The van der Waals surface area contributed by atoms with Crippen LogP contribution in [0.4, 0.5) is 5.69 Å². The van der Waals surface area contributed by atoms with Crippen molar-refractivity contribution in [2.75, 3.05) is 24.7 Å². The van der Waals surface area contributed by atoms with Gasteiger partial charge in [-0.05, 0) is 6.92 Å². The fourth-order valence-electron chi connectivity index (χ4n) is 0.873. The van der Waals surface area contributed by atoms with E-state index in [4.69, 9.17) is 15.6 Å². The molecule has 1 aromatic rings. The SMILES string of the molecule is CCOc1ncnc(SCCO)c1N. The van der Waals surface area contributed by atoms with Gasteiger partial charge in [-0.3, -0.25) is 0 Å². The lowest BCUT2D eigenvalue weighted by Gasteiger charge is -2.07. The number of hydrogen-bond donors (Lipinski definition) is 2. The van der Waals surface area contributed by atoms with Crippen molar-refractivity contribution in [3.05, 3.63) is 6.33 Å². The van der Waals surface area contributed by atoms with E-state index in [9.17, 15) is 0 Å². The van der Waals surface area contributed by atoms with Crippen molar-refractivity contribution in [1.29, 1.82) is 0 Å². The lowest BCUT2D eigenvalue weighted by molar-refractivity contribution is 0.322. The smallest absolute Gasteiger partial charge is 0.241 e. The first kappa shape index (κ1) is 11.1. The zero-order valence-corrected chi connectivity index (χ0v) is 8.75. The third kappa shape index (κ3) is 2.74. The summed E-state index contributed by atoms with van der Waals surface area (Å²) in [7, 11) is 0. The molecule has 0 aliphatic heterocycles. The lowest BCUT2D eigenvalue weighted by atomic mass is 10.5. The van der Waals surface area contributed by atoms with E-state index in [1.165, 1.54) is 18.1 Å². The third-order valence-electron chi connectivity index (χ3n) is 1.42. The quantitative estimate of drug-likeness (QED) is 0.551. The first-order chi connectivity index (χ1) is 6.79. The fourth-order valence-corrected chi connectivity index (χ4v) is 1.52. The maximum absolute atomic E-state index is 8.65. The monoisotopic (exact) mass is 215 g/mol. The highest BCUT2D eigenvalue weighted by Crippen LogP contribution is 2.28. The van der Waals surface area contributed by atoms with E-state index in [0.717, 1.165) is 0 Å². The molecule has 1 rings (SSSR count). The number of nitrogens with two attached hydrogens (primary N) is 1. The van der Waals surface area contributed by atoms with Gasteiger partial charge in [-0.25, -0.2) is 4.98 Å². The van der Waals surface area contributed by atoms with Crippen LogP contribution in [-0.4, -0.2) is 34.0 Å². The Morgan fingerprint density at radius 2 is 2.36 bits per heavy atom. The Morgan fingerprint density at radius 3 is 3.00 bits per heavy atom. The number of aliphatic hydroxyl groups is 1. The molecule has 5 nitrogen and oxygen atoms in total. The summed E-state index contributed by atoms with van der Waals surface area (Å²) >= 11 is 1.38. The lowest BCUT2D eigenvalue weighted by Crippen LogP contribution is -2.02. The predicted octanol–water partition coefficient (Wildman–Crippen LogP) is 0.542. The van der Waals surface area contributed by atoms with E-state index < -0.39 is 0 Å². The van der Waals surface area contributed by atoms with E-state index in [-0.39, 0.29) is 6.61 Å². The number of aromatic nitrogens is 2. The second kappa shape index (κ2) is 5.66. The number of nitrogens with zero attached hydrogens (tertiary/aromatic N) is 2. The van der Waals surface area contributed by atoms with Crippen LogP contribution in [0.3, 0.4) is 0 Å². The van der Waals surface area contributed by atoms with Gasteiger partial charge < -0.3 is 15.6 Å². The molecule has 1 heterocycles. The molecule has 0 amide bonds. The molecule has 0 saturated heterocycles. The van der Waals surface area contributed by atoms with Crippen molar-refractivity contribution >= 4 is 17.4 Å². The summed E-state index contributed by atoms with van der Waals surface area (Å²) in [6.07, 6.45) is 1.40. The van der Waals surface area contributed by atoms with Crippen molar-refractivity contribution in [3.8, 4) is 5.88 Å². The van der Waals surface area contributed by atoms with Crippen molar-refractivity contribution in [3.63, 3.8) is 0 Å². The number of aliphatic hydroxyl groups excluding tert-OH is 1. The van der Waals surface area contributed by atoms with Crippen LogP contribution in [0.15, 0.2) is 11.4 Å². The van der Waals surface area contributed by atoms with Gasteiger partial charge in [-0.2, -0.15) is 4.98 Å². The van der Waals surface area contributed by atoms with Crippen LogP contribution in [-0.2, 0) is 0 Å². The first-order valence-corrected chi connectivity index (χ1v) is 5.25. The Hall–Kier alpha value is -1.01. The minimum absolute atomic E-state index is 0.0953. The molecule has 0 fully saturated rings. The third-order valence-corrected chi connectivity index (χ3v) is 2.41. The van der Waals surface area contributed by atoms with Crippen LogP contribution in [0, 0.1) is 0 Å². The zero-order chi connectivity index (χ0) is 10.4. The van der Waals surface area contributed by atoms with E-state index in [1.54, 1.807) is 0 Å². The van der Waals surface area contributed by atoms with E-state index >= 15 is 0 Å². The summed E-state index contributed by atoms with van der Waals surface area (Å²) in [5, 5.41) is 9.31. The van der Waals surface area contributed by atoms with Crippen molar-refractivity contribution in [2.45, 2.75) is 11.9 Å². The maximum Gasteiger partial charge on any atom is 0.241 e. The zero-order valence-electron chi connectivity index (χ0n) is 7.93. The molecule has 0 bridgehead atoms. The Labute approximate surface area is 86.7 Å². The second-order valence-electron chi connectivity index (χ2n) is 2.40. The average Bonchev–Trinajstić information content (AvgIpc) is 2.20. The molecule has 0 atom stereocenters. The number of ether oxygens (including phenoxy) is 1. The molecule has 0 unspecified atom stereocenters. The molecular formula is C8H13N3O2S. The van der Waals surface area contributed by atoms with Crippen LogP contribution in [0.1, 0.15) is 6.92 Å². The summed E-state index contributed by atoms with van der Waals surface area (Å²) < 4.78 is 5.21. The summed E-state index contributed by atoms with van der Waals surface area (Å²) in [6.45, 7) is 2.48. The topological polar surface area (TPSA) is 81.3 Å². The Morgan fingerprint density at radius 1 is 1.57 bits per heavy atom. The van der Waals surface area contributed by atoms with Crippen LogP contribution >= 0.6 is 11.8 Å². The molecule has 0 aliphatic rings. The highest BCUT2D eigenvalue weighted by Gasteiger charge is 2.08. The number of nitrogen functional groups attached to an aromatic ring is 1. The van der Waals surface area contributed by atoms with Gasteiger partial charge in [0, 0.05) is 5.75 Å². The van der Waals surface area contributed by atoms with Gasteiger partial charge in [0.25, 0.3) is 0 Å². The molecule has 6 heteroatoms. The van der Waals surface area contributed by atoms with Gasteiger partial charge in [-0.15, -0.1) is 11.8 Å². The van der Waals surface area contributed by atoms with E-state index in [1.807, 2.05) is 6.92 Å². The summed E-state index contributed by atoms with van der Waals surface area (Å²) in [6, 6.07) is 0. The average molecular weight is 215 g/mol. The molecule has 0 radical (unpaired) electrons. The Kier molecular flexibility index (Phi) is 4.48. The number of thioether (sulfide) groups is 1. The molecule has 0 spiro atoms. The fraction of sp³-hybridized carbons (Fsp3) is 0.500. The van der Waals surface area contributed by atoms with Crippen LogP contribution in [0.25, 0.3) is 0 Å². The van der Waals surface area contributed by atoms with Crippen molar-refractivity contribution in [1.82, 2.24) is 9.97 Å². The normalized spacial score (nSPS) is 10.1. The van der Waals surface area contributed by atoms with Gasteiger partial charge >= 0.3 is 0 Å². The minimum Gasteiger partial charge on any atom is -0.476 e. The van der Waals surface area contributed by atoms with Crippen LogP contribution in [0.2, 0.25) is 0 Å². The second-order valence-corrected chi connectivity index (χ2v) is 3.49. The minimum atomic E-state index is 0.0953. The Bertz CT molecular complexity index is 296. The van der Waals surface area contributed by atoms with Crippen molar-refractivity contribution in [2.24, 2.45) is 0 Å². The highest BCUT2D eigenvalue weighted by molar-refractivity contribution is 7.99. The van der Waals surface area contributed by atoms with Gasteiger partial charge in [0.1, 0.15) is 17.0 Å². The van der Waals surface area contributed by atoms with Gasteiger partial charge in [0.05, 0.1) is 13.2 Å². The van der Waals surface area contributed by atoms with Gasteiger partial charge in [0.15, 0.2) is 0 Å². The number of rotatable bonds is 5. The largest absolute Gasteiger partial charge is 0.476 e. The summed E-state index contributed by atoms with van der Waals surface area (Å²) in [5.41, 5.74) is 6.20. The molecule has 78 valence electrons. The Balaban J connectivity index is 2.78. The van der Waals surface area contributed by atoms with E-state index in [0.29, 0.717) is 29.0 Å². The van der Waals surface area contributed by atoms with Crippen LogP contribution < -0.4 is 10.5 Å². The van der Waals surface area contributed by atoms with E-state index in [2.05, 4.69) is 9.97 Å². The first-order valence-electron chi connectivity index (χ1n) is 4.26. The molecule has 0 aliphatic carbocycles. The molecule has 3 N–H and O–H groups in total. The van der Waals surface area contributed by atoms with Crippen LogP contribution in [0.5, 0.6) is 5.88 Å². The van der Waals surface area contributed by atoms with Gasteiger partial charge in [0.2, 0.25) is 5.88 Å². The number of hydrogen-bond acceptors (Lipinski definition) is 6. The summed E-state index contributed by atoms with van der Waals surface area (Å²) in [5.74, 6) is 0.968. The predicted molar refractivity (Wildman–Crippen MR) is 55.4 cm³/mol. The maximum atomic E-state index is 8.65. The molecular weight excluding hydrogens is 202 g/mol. The standard InChI is InChI=1S/C8H13N3O2S/c1-2-13-7-6(9)8(11-5-10-7)14-4-3-12/h5,12H,2-4,9H2,1H3. The summed E-state index contributed by atoms with van der Waals surface area (Å²) in [4.78, 5) is 7.90. The highest BCUT2D eigenvalue weighted by atomic mass is 32.2. The molecule has 14 heavy (non-hydrogen) atoms. The molecule has 0 saturated carbocycles.